The number of hydrogen-bond donors (Lipinski definition) is 2. The summed E-state index contributed by atoms with van der Waals surface area (Å²) in [6, 6.07) is 5.95. The summed E-state index contributed by atoms with van der Waals surface area (Å²) in [5.74, 6) is 2.27. The minimum Gasteiger partial charge on any atom is -0.493 e. The third-order valence-electron chi connectivity index (χ3n) is 3.12. The topological polar surface area (TPSA) is 64.1 Å². The number of rotatable bonds is 9. The molecule has 2 N–H and O–H groups in total. The number of nitrogens with one attached hydrogen (secondary N) is 2. The van der Waals surface area contributed by atoms with Crippen LogP contribution < -0.4 is 20.1 Å². The maximum atomic E-state index is 5.31. The Kier molecular flexibility index (Phi) is 12.5. The van der Waals surface area contributed by atoms with Gasteiger partial charge in [-0.3, -0.25) is 4.99 Å². The summed E-state index contributed by atoms with van der Waals surface area (Å²) in [6.45, 7) is 4.91. The summed E-state index contributed by atoms with van der Waals surface area (Å²) in [4.78, 5) is 4.17. The van der Waals surface area contributed by atoms with Crippen LogP contribution in [0.4, 0.5) is 0 Å². The van der Waals surface area contributed by atoms with Crippen molar-refractivity contribution >= 4 is 29.9 Å². The first kappa shape index (κ1) is 21.8. The van der Waals surface area contributed by atoms with E-state index in [2.05, 4.69) is 15.6 Å². The first-order valence-electron chi connectivity index (χ1n) is 7.48. The van der Waals surface area contributed by atoms with Gasteiger partial charge in [0.05, 0.1) is 20.8 Å². The second kappa shape index (κ2) is 13.2. The van der Waals surface area contributed by atoms with Crippen LogP contribution in [0.2, 0.25) is 0 Å². The van der Waals surface area contributed by atoms with Crippen LogP contribution in [0, 0.1) is 0 Å². The maximum absolute atomic E-state index is 5.31. The standard InChI is InChI=1S/C16H27N3O3.HI/c1-5-22-11-10-19-16(17-2)18-9-8-13-6-7-14(20-3)15(12-13)21-4;/h6-7,12H,5,8-11H2,1-4H3,(H2,17,18,19);1H. The van der Waals surface area contributed by atoms with Gasteiger partial charge in [0.15, 0.2) is 17.5 Å². The number of halogens is 1. The predicted molar refractivity (Wildman–Crippen MR) is 105 cm³/mol. The van der Waals surface area contributed by atoms with Crippen LogP contribution in [0.25, 0.3) is 0 Å². The van der Waals surface area contributed by atoms with Crippen molar-refractivity contribution in [3.8, 4) is 11.5 Å². The van der Waals surface area contributed by atoms with E-state index in [4.69, 9.17) is 14.2 Å². The number of ether oxygens (including phenoxy) is 3. The highest BCUT2D eigenvalue weighted by atomic mass is 127. The minimum atomic E-state index is 0. The molecule has 0 amide bonds. The van der Waals surface area contributed by atoms with Gasteiger partial charge in [0.25, 0.3) is 0 Å². The highest BCUT2D eigenvalue weighted by Crippen LogP contribution is 2.27. The van der Waals surface area contributed by atoms with E-state index >= 15 is 0 Å². The molecule has 0 bridgehead atoms. The number of aliphatic imine (C=N–C) groups is 1. The number of methoxy groups -OCH3 is 2. The average molecular weight is 437 g/mol. The van der Waals surface area contributed by atoms with E-state index in [1.54, 1.807) is 21.3 Å². The van der Waals surface area contributed by atoms with E-state index < -0.39 is 0 Å². The molecule has 132 valence electrons. The third kappa shape index (κ3) is 8.26. The van der Waals surface area contributed by atoms with Crippen LogP contribution in [0.5, 0.6) is 11.5 Å². The van der Waals surface area contributed by atoms with E-state index in [1.165, 1.54) is 5.56 Å². The molecule has 7 heteroatoms. The Morgan fingerprint density at radius 3 is 2.39 bits per heavy atom. The van der Waals surface area contributed by atoms with E-state index in [0.717, 1.165) is 43.6 Å². The van der Waals surface area contributed by atoms with Gasteiger partial charge in [-0.25, -0.2) is 0 Å². The van der Waals surface area contributed by atoms with Crippen molar-refractivity contribution in [1.82, 2.24) is 10.6 Å². The van der Waals surface area contributed by atoms with Crippen LogP contribution in [-0.4, -0.2) is 53.5 Å². The largest absolute Gasteiger partial charge is 0.493 e. The van der Waals surface area contributed by atoms with Crippen LogP contribution in [0.15, 0.2) is 23.2 Å². The summed E-state index contributed by atoms with van der Waals surface area (Å²) < 4.78 is 15.8. The number of benzene rings is 1. The molecule has 6 nitrogen and oxygen atoms in total. The Hall–Kier alpha value is -1.22. The van der Waals surface area contributed by atoms with Gasteiger partial charge in [-0.05, 0) is 31.0 Å². The molecule has 0 aliphatic heterocycles. The zero-order valence-corrected chi connectivity index (χ0v) is 16.7. The molecule has 0 heterocycles. The predicted octanol–water partition coefficient (Wildman–Crippen LogP) is 2.07. The summed E-state index contributed by atoms with van der Waals surface area (Å²) >= 11 is 0. The molecule has 0 spiro atoms. The minimum absolute atomic E-state index is 0. The fourth-order valence-electron chi connectivity index (χ4n) is 1.97. The molecule has 0 unspecified atom stereocenters. The Bertz CT molecular complexity index is 470. The fourth-order valence-corrected chi connectivity index (χ4v) is 1.97. The van der Waals surface area contributed by atoms with Crippen LogP contribution in [0.3, 0.4) is 0 Å². The normalized spacial score (nSPS) is 10.7. The molecule has 0 atom stereocenters. The van der Waals surface area contributed by atoms with Crippen molar-refractivity contribution in [2.45, 2.75) is 13.3 Å². The molecule has 1 aromatic rings. The molecule has 1 aromatic carbocycles. The molecule has 0 saturated heterocycles. The highest BCUT2D eigenvalue weighted by molar-refractivity contribution is 14.0. The van der Waals surface area contributed by atoms with Crippen molar-refractivity contribution in [1.29, 1.82) is 0 Å². The van der Waals surface area contributed by atoms with Crippen molar-refractivity contribution in [2.24, 2.45) is 4.99 Å². The van der Waals surface area contributed by atoms with Gasteiger partial charge in [-0.15, -0.1) is 24.0 Å². The molecule has 23 heavy (non-hydrogen) atoms. The van der Waals surface area contributed by atoms with Gasteiger partial charge in [-0.1, -0.05) is 6.07 Å². The molecular weight excluding hydrogens is 409 g/mol. The average Bonchev–Trinajstić information content (AvgIpc) is 2.56. The van der Waals surface area contributed by atoms with Gasteiger partial charge in [0.2, 0.25) is 0 Å². The Labute approximate surface area is 156 Å². The van der Waals surface area contributed by atoms with Crippen LogP contribution in [0.1, 0.15) is 12.5 Å². The second-order valence-electron chi connectivity index (χ2n) is 4.56. The molecule has 0 fully saturated rings. The number of hydrogen-bond acceptors (Lipinski definition) is 4. The number of guanidine groups is 1. The van der Waals surface area contributed by atoms with Crippen molar-refractivity contribution in [3.63, 3.8) is 0 Å². The van der Waals surface area contributed by atoms with Gasteiger partial charge >= 0.3 is 0 Å². The van der Waals surface area contributed by atoms with Crippen LogP contribution in [-0.2, 0) is 11.2 Å². The third-order valence-corrected chi connectivity index (χ3v) is 3.12. The van der Waals surface area contributed by atoms with Crippen LogP contribution >= 0.6 is 24.0 Å². The monoisotopic (exact) mass is 437 g/mol. The van der Waals surface area contributed by atoms with E-state index in [0.29, 0.717) is 6.61 Å². The molecule has 0 radical (unpaired) electrons. The van der Waals surface area contributed by atoms with E-state index in [1.807, 2.05) is 25.1 Å². The lowest BCUT2D eigenvalue weighted by atomic mass is 10.1. The SMILES string of the molecule is CCOCCNC(=NC)NCCc1ccc(OC)c(OC)c1.I. The van der Waals surface area contributed by atoms with Gasteiger partial charge in [-0.2, -0.15) is 0 Å². The number of nitrogens with zero attached hydrogens (tertiary/aromatic N) is 1. The molecule has 0 aromatic heterocycles. The second-order valence-corrected chi connectivity index (χ2v) is 4.56. The maximum Gasteiger partial charge on any atom is 0.191 e. The van der Waals surface area contributed by atoms with E-state index in [9.17, 15) is 0 Å². The molecular formula is C16H28IN3O3. The Morgan fingerprint density at radius 2 is 1.78 bits per heavy atom. The summed E-state index contributed by atoms with van der Waals surface area (Å²) in [5, 5.41) is 6.47. The highest BCUT2D eigenvalue weighted by Gasteiger charge is 2.04. The van der Waals surface area contributed by atoms with Crippen molar-refractivity contribution in [2.75, 3.05) is 47.6 Å². The molecule has 0 aliphatic rings. The quantitative estimate of drug-likeness (QED) is 0.268. The van der Waals surface area contributed by atoms with Gasteiger partial charge in [0, 0.05) is 26.7 Å². The molecule has 1 rings (SSSR count). The smallest absolute Gasteiger partial charge is 0.191 e. The lowest BCUT2D eigenvalue weighted by Gasteiger charge is -2.13. The van der Waals surface area contributed by atoms with Crippen molar-refractivity contribution < 1.29 is 14.2 Å². The summed E-state index contributed by atoms with van der Waals surface area (Å²) in [5.41, 5.74) is 1.18. The van der Waals surface area contributed by atoms with E-state index in [-0.39, 0.29) is 24.0 Å². The van der Waals surface area contributed by atoms with Gasteiger partial charge < -0.3 is 24.8 Å². The van der Waals surface area contributed by atoms with Gasteiger partial charge in [0.1, 0.15) is 0 Å². The first-order valence-corrected chi connectivity index (χ1v) is 7.48. The lowest BCUT2D eigenvalue weighted by molar-refractivity contribution is 0.152. The summed E-state index contributed by atoms with van der Waals surface area (Å²) in [6.07, 6.45) is 0.868. The first-order chi connectivity index (χ1) is 10.7. The molecule has 0 saturated carbocycles. The lowest BCUT2D eigenvalue weighted by Crippen LogP contribution is -2.39. The fraction of sp³-hybridized carbons (Fsp3) is 0.562. The molecule has 0 aliphatic carbocycles. The summed E-state index contributed by atoms with van der Waals surface area (Å²) in [7, 11) is 5.04. The van der Waals surface area contributed by atoms with Crippen molar-refractivity contribution in [3.05, 3.63) is 23.8 Å². The Balaban J connectivity index is 0.00000484. The zero-order chi connectivity index (χ0) is 16.2. The Morgan fingerprint density at radius 1 is 1.09 bits per heavy atom. The zero-order valence-electron chi connectivity index (χ0n) is 14.3.